The van der Waals surface area contributed by atoms with Crippen molar-refractivity contribution in [1.82, 2.24) is 10.6 Å². The van der Waals surface area contributed by atoms with Crippen molar-refractivity contribution >= 4 is 29.5 Å². The Morgan fingerprint density at radius 3 is 2.38 bits per heavy atom. The normalized spacial score (nSPS) is 10.7. The fourth-order valence-electron chi connectivity index (χ4n) is 3.27. The molecule has 3 rings (SSSR count). The molecule has 1 heterocycles. The number of nitriles is 1. The van der Waals surface area contributed by atoms with E-state index in [1.54, 1.807) is 62.8 Å². The van der Waals surface area contributed by atoms with Crippen LogP contribution in [0.1, 0.15) is 17.1 Å². The number of hydrogen-bond acceptors (Lipinski definition) is 7. The first-order chi connectivity index (χ1) is 17.9. The lowest BCUT2D eigenvalue weighted by molar-refractivity contribution is -0.136. The molecule has 0 saturated carbocycles. The zero-order chi connectivity index (χ0) is 26.6. The smallest absolute Gasteiger partial charge is 0.313 e. The Kier molecular flexibility index (Phi) is 9.44. The Labute approximate surface area is 213 Å². The summed E-state index contributed by atoms with van der Waals surface area (Å²) in [5.41, 5.74) is 1.29. The molecule has 0 aliphatic rings. The van der Waals surface area contributed by atoms with Crippen molar-refractivity contribution in [3.8, 4) is 17.6 Å². The number of amides is 3. The highest BCUT2D eigenvalue weighted by Crippen LogP contribution is 2.27. The van der Waals surface area contributed by atoms with Gasteiger partial charge in [0.2, 0.25) is 0 Å². The molecule has 0 bridgehead atoms. The molecule has 0 saturated heterocycles. The fraction of sp³-hybridized carbons (Fsp3) is 0.185. The van der Waals surface area contributed by atoms with Crippen LogP contribution in [0.3, 0.4) is 0 Å². The molecule has 37 heavy (non-hydrogen) atoms. The highest BCUT2D eigenvalue weighted by atomic mass is 16.5. The minimum atomic E-state index is -0.830. The van der Waals surface area contributed by atoms with Gasteiger partial charge in [-0.15, -0.1) is 0 Å². The fourth-order valence-corrected chi connectivity index (χ4v) is 3.27. The Morgan fingerprint density at radius 1 is 0.919 bits per heavy atom. The molecule has 0 radical (unpaired) electrons. The third-order valence-corrected chi connectivity index (χ3v) is 5.14. The molecule has 3 aromatic rings. The van der Waals surface area contributed by atoms with Crippen molar-refractivity contribution in [1.29, 1.82) is 5.26 Å². The van der Waals surface area contributed by atoms with E-state index in [1.807, 2.05) is 18.2 Å². The van der Waals surface area contributed by atoms with Gasteiger partial charge >= 0.3 is 11.8 Å². The molecule has 1 aromatic heterocycles. The Balaban J connectivity index is 1.50. The van der Waals surface area contributed by atoms with Gasteiger partial charge < -0.3 is 29.8 Å². The molecule has 3 N–H and O–H groups in total. The lowest BCUT2D eigenvalue weighted by atomic mass is 10.1. The van der Waals surface area contributed by atoms with E-state index in [1.165, 1.54) is 6.08 Å². The molecule has 10 heteroatoms. The Bertz CT molecular complexity index is 1320. The van der Waals surface area contributed by atoms with Crippen LogP contribution in [0.2, 0.25) is 0 Å². The molecule has 0 unspecified atom stereocenters. The summed E-state index contributed by atoms with van der Waals surface area (Å²) in [6.07, 6.45) is 1.83. The molecule has 0 atom stereocenters. The van der Waals surface area contributed by atoms with E-state index in [4.69, 9.17) is 13.9 Å². The van der Waals surface area contributed by atoms with Crippen LogP contribution in [0.4, 0.5) is 5.69 Å². The van der Waals surface area contributed by atoms with Crippen LogP contribution in [-0.2, 0) is 27.3 Å². The largest absolute Gasteiger partial charge is 0.493 e. The first-order valence-corrected chi connectivity index (χ1v) is 11.3. The van der Waals surface area contributed by atoms with E-state index < -0.39 is 17.7 Å². The quantitative estimate of drug-likeness (QED) is 0.220. The summed E-state index contributed by atoms with van der Waals surface area (Å²) < 4.78 is 16.0. The summed E-state index contributed by atoms with van der Waals surface area (Å²) in [7, 11) is 3.10. The third-order valence-electron chi connectivity index (χ3n) is 5.14. The van der Waals surface area contributed by atoms with Crippen LogP contribution in [0.25, 0.3) is 6.08 Å². The third kappa shape index (κ3) is 7.73. The number of rotatable bonds is 10. The van der Waals surface area contributed by atoms with Gasteiger partial charge in [-0.1, -0.05) is 24.3 Å². The molecule has 0 fully saturated rings. The molecule has 0 aliphatic heterocycles. The predicted octanol–water partition coefficient (Wildman–Crippen LogP) is 2.82. The summed E-state index contributed by atoms with van der Waals surface area (Å²) in [6.45, 7) is 0.252. The summed E-state index contributed by atoms with van der Waals surface area (Å²) in [4.78, 5) is 36.5. The van der Waals surface area contributed by atoms with Gasteiger partial charge in [0.1, 0.15) is 23.2 Å². The van der Waals surface area contributed by atoms with Gasteiger partial charge in [0, 0.05) is 18.3 Å². The molecule has 0 spiro atoms. The summed E-state index contributed by atoms with van der Waals surface area (Å²) in [5.74, 6) is -0.392. The first-order valence-electron chi connectivity index (χ1n) is 11.3. The second-order valence-electron chi connectivity index (χ2n) is 7.67. The van der Waals surface area contributed by atoms with Crippen molar-refractivity contribution < 1.29 is 28.3 Å². The van der Waals surface area contributed by atoms with Crippen LogP contribution in [0.15, 0.2) is 70.7 Å². The molecule has 3 amide bonds. The number of ether oxygens (including phenoxy) is 2. The van der Waals surface area contributed by atoms with Crippen LogP contribution < -0.4 is 25.4 Å². The van der Waals surface area contributed by atoms with E-state index >= 15 is 0 Å². The lowest BCUT2D eigenvalue weighted by Crippen LogP contribution is -2.34. The zero-order valence-electron chi connectivity index (χ0n) is 20.4. The van der Waals surface area contributed by atoms with Crippen molar-refractivity contribution in [2.24, 2.45) is 0 Å². The van der Waals surface area contributed by atoms with Crippen LogP contribution in [-0.4, -0.2) is 38.5 Å². The predicted molar refractivity (Wildman–Crippen MR) is 135 cm³/mol. The second kappa shape index (κ2) is 13.2. The lowest BCUT2D eigenvalue weighted by Gasteiger charge is -2.10. The molecule has 0 aliphatic carbocycles. The number of nitrogens with one attached hydrogen (secondary N) is 3. The maximum Gasteiger partial charge on any atom is 0.313 e. The SMILES string of the molecule is COc1ccc(CCNC(=O)/C(C#N)=C\c2ccc(CNC(=O)C(=O)Nc3ccccc3)o2)cc1OC. The average molecular weight is 503 g/mol. The number of carbonyl (C=O) groups is 3. The molecular formula is C27H26N4O6. The topological polar surface area (TPSA) is 143 Å². The summed E-state index contributed by atoms with van der Waals surface area (Å²) in [5, 5.41) is 17.1. The van der Waals surface area contributed by atoms with E-state index in [0.717, 1.165) is 5.56 Å². The van der Waals surface area contributed by atoms with Crippen LogP contribution >= 0.6 is 0 Å². The van der Waals surface area contributed by atoms with Gasteiger partial charge in [-0.25, -0.2) is 0 Å². The number of carbonyl (C=O) groups excluding carboxylic acids is 3. The Hall–Kier alpha value is -5.04. The monoisotopic (exact) mass is 502 g/mol. The maximum atomic E-state index is 12.4. The van der Waals surface area contributed by atoms with Crippen LogP contribution in [0, 0.1) is 11.3 Å². The molecule has 2 aromatic carbocycles. The van der Waals surface area contributed by atoms with E-state index in [2.05, 4.69) is 16.0 Å². The molecule has 190 valence electrons. The number of nitrogens with zero attached hydrogens (tertiary/aromatic N) is 1. The van der Waals surface area contributed by atoms with Crippen molar-refractivity contribution in [2.45, 2.75) is 13.0 Å². The van der Waals surface area contributed by atoms with Gasteiger partial charge in [-0.3, -0.25) is 14.4 Å². The second-order valence-corrected chi connectivity index (χ2v) is 7.67. The number of anilines is 1. The Morgan fingerprint density at radius 2 is 1.68 bits per heavy atom. The van der Waals surface area contributed by atoms with Gasteiger partial charge in [-0.05, 0) is 48.4 Å². The van der Waals surface area contributed by atoms with E-state index in [0.29, 0.717) is 35.9 Å². The van der Waals surface area contributed by atoms with Crippen LogP contribution in [0.5, 0.6) is 11.5 Å². The zero-order valence-corrected chi connectivity index (χ0v) is 20.4. The summed E-state index contributed by atoms with van der Waals surface area (Å²) in [6, 6.07) is 19.0. The summed E-state index contributed by atoms with van der Waals surface area (Å²) >= 11 is 0. The molecular weight excluding hydrogens is 476 g/mol. The van der Waals surface area contributed by atoms with Gasteiger partial charge in [0.25, 0.3) is 5.91 Å². The van der Waals surface area contributed by atoms with Gasteiger partial charge in [0.05, 0.1) is 20.8 Å². The van der Waals surface area contributed by atoms with Gasteiger partial charge in [-0.2, -0.15) is 5.26 Å². The van der Waals surface area contributed by atoms with Crippen molar-refractivity contribution in [2.75, 3.05) is 26.1 Å². The highest BCUT2D eigenvalue weighted by molar-refractivity contribution is 6.39. The van der Waals surface area contributed by atoms with Crippen molar-refractivity contribution in [3.05, 3.63) is 83.3 Å². The van der Waals surface area contributed by atoms with E-state index in [9.17, 15) is 19.6 Å². The minimum Gasteiger partial charge on any atom is -0.493 e. The number of hydrogen-bond donors (Lipinski definition) is 3. The average Bonchev–Trinajstić information content (AvgIpc) is 3.38. The number of methoxy groups -OCH3 is 2. The number of para-hydroxylation sites is 1. The number of benzene rings is 2. The van der Waals surface area contributed by atoms with E-state index in [-0.39, 0.29) is 17.9 Å². The van der Waals surface area contributed by atoms with Crippen molar-refractivity contribution in [3.63, 3.8) is 0 Å². The maximum absolute atomic E-state index is 12.4. The standard InChI is InChI=1S/C27H26N4O6/c1-35-23-11-8-18(14-24(23)36-2)12-13-29-25(32)19(16-28)15-21-9-10-22(37-21)17-30-26(33)27(34)31-20-6-4-3-5-7-20/h3-11,14-15H,12-13,17H2,1-2H3,(H,29,32)(H,30,33)(H,31,34)/b19-15-. The minimum absolute atomic E-state index is 0.0473. The number of furan rings is 1. The first kappa shape index (κ1) is 26.6. The van der Waals surface area contributed by atoms with Gasteiger partial charge in [0.15, 0.2) is 11.5 Å². The molecule has 10 nitrogen and oxygen atoms in total. The highest BCUT2D eigenvalue weighted by Gasteiger charge is 2.15.